The molecule has 1 aliphatic carbocycles. The molecule has 0 bridgehead atoms. The van der Waals surface area contributed by atoms with Gasteiger partial charge in [0, 0.05) is 24.7 Å². The molecule has 0 radical (unpaired) electrons. The minimum Gasteiger partial charge on any atom is -0.392 e. The van der Waals surface area contributed by atoms with Gasteiger partial charge in [-0.15, -0.1) is 6.58 Å². The van der Waals surface area contributed by atoms with E-state index in [0.717, 1.165) is 19.3 Å². The van der Waals surface area contributed by atoms with Crippen molar-refractivity contribution in [3.05, 3.63) is 37.0 Å². The van der Waals surface area contributed by atoms with Crippen LogP contribution in [0.25, 0.3) is 0 Å². The molecule has 0 aromatic heterocycles. The van der Waals surface area contributed by atoms with E-state index in [1.54, 1.807) is 6.08 Å². The Morgan fingerprint density at radius 2 is 2.04 bits per heavy atom. The first kappa shape index (κ1) is 24.5. The highest BCUT2D eigenvalue weighted by Gasteiger charge is 2.39. The van der Waals surface area contributed by atoms with Crippen LogP contribution in [0, 0.1) is 11.8 Å². The van der Waals surface area contributed by atoms with Crippen LogP contribution in [0.15, 0.2) is 37.0 Å². The fraction of sp³-hybridized carbons (Fsp3) is 0.652. The third kappa shape index (κ3) is 8.21. The zero-order chi connectivity index (χ0) is 21.0. The smallest absolute Gasteiger partial charge is 0.158 e. The van der Waals surface area contributed by atoms with Gasteiger partial charge in [0.1, 0.15) is 12.4 Å². The number of aliphatic hydroxyl groups is 3. The van der Waals surface area contributed by atoms with E-state index < -0.39 is 18.3 Å². The number of unbranched alkanes of at least 4 members (excludes halogenated alkanes) is 2. The second-order valence-electron chi connectivity index (χ2n) is 7.76. The maximum Gasteiger partial charge on any atom is 0.158 e. The lowest BCUT2D eigenvalue weighted by Crippen LogP contribution is -2.25. The standard InChI is InChI=1S/C23H36O5/c1-3-5-14-23(28,4-2)15-10-13-20-19(21(26)16-22(20)27)12-9-7-6-8-11-18(25)17-24/h4,7,9-10,13,19-20,22,24,27-28H,2-3,5-6,8,11-12,14-17H2,1H3/t19-,20-,22-,23+/m1/s1. The molecule has 1 fully saturated rings. The van der Waals surface area contributed by atoms with Gasteiger partial charge >= 0.3 is 0 Å². The van der Waals surface area contributed by atoms with Crippen molar-refractivity contribution < 1.29 is 24.9 Å². The van der Waals surface area contributed by atoms with E-state index in [2.05, 4.69) is 13.5 Å². The van der Waals surface area contributed by atoms with E-state index in [1.807, 2.05) is 24.3 Å². The van der Waals surface area contributed by atoms with E-state index in [4.69, 9.17) is 5.11 Å². The second kappa shape index (κ2) is 12.8. The van der Waals surface area contributed by atoms with E-state index in [1.165, 1.54) is 0 Å². The average molecular weight is 393 g/mol. The molecule has 0 heterocycles. The topological polar surface area (TPSA) is 94.8 Å². The first-order valence-electron chi connectivity index (χ1n) is 10.4. The largest absolute Gasteiger partial charge is 0.392 e. The maximum atomic E-state index is 12.2. The van der Waals surface area contributed by atoms with Crippen LogP contribution in [0.1, 0.15) is 64.7 Å². The van der Waals surface area contributed by atoms with E-state index >= 15 is 0 Å². The Hall–Kier alpha value is -1.56. The van der Waals surface area contributed by atoms with Crippen molar-refractivity contribution >= 4 is 11.6 Å². The zero-order valence-corrected chi connectivity index (χ0v) is 17.1. The molecule has 0 aromatic carbocycles. The summed E-state index contributed by atoms with van der Waals surface area (Å²) in [7, 11) is 0. The number of hydrogen-bond acceptors (Lipinski definition) is 5. The normalized spacial score (nSPS) is 24.9. The van der Waals surface area contributed by atoms with Crippen molar-refractivity contribution in [1.29, 1.82) is 0 Å². The Labute approximate surface area is 168 Å². The van der Waals surface area contributed by atoms with Gasteiger partial charge in [-0.3, -0.25) is 9.59 Å². The predicted molar refractivity (Wildman–Crippen MR) is 111 cm³/mol. The van der Waals surface area contributed by atoms with Crippen molar-refractivity contribution in [3.63, 3.8) is 0 Å². The van der Waals surface area contributed by atoms with Gasteiger partial charge in [0.05, 0.1) is 11.7 Å². The van der Waals surface area contributed by atoms with Crippen molar-refractivity contribution in [2.45, 2.75) is 76.4 Å². The lowest BCUT2D eigenvalue weighted by atomic mass is 9.88. The number of ketones is 2. The Balaban J connectivity index is 2.57. The van der Waals surface area contributed by atoms with Gasteiger partial charge in [-0.05, 0) is 32.1 Å². The van der Waals surface area contributed by atoms with Crippen LogP contribution >= 0.6 is 0 Å². The molecule has 0 aliphatic heterocycles. The third-order valence-electron chi connectivity index (χ3n) is 5.47. The first-order valence-corrected chi connectivity index (χ1v) is 10.4. The molecular formula is C23H36O5. The average Bonchev–Trinajstić information content (AvgIpc) is 2.95. The molecule has 5 nitrogen and oxygen atoms in total. The summed E-state index contributed by atoms with van der Waals surface area (Å²) in [6, 6.07) is 0. The maximum absolute atomic E-state index is 12.2. The van der Waals surface area contributed by atoms with Crippen LogP contribution in [0.5, 0.6) is 0 Å². The summed E-state index contributed by atoms with van der Waals surface area (Å²) in [5, 5.41) is 29.5. The highest BCUT2D eigenvalue weighted by atomic mass is 16.3. The minimum absolute atomic E-state index is 0.0622. The van der Waals surface area contributed by atoms with Gasteiger partial charge in [-0.2, -0.15) is 0 Å². The molecule has 0 saturated heterocycles. The number of rotatable bonds is 14. The van der Waals surface area contributed by atoms with Crippen LogP contribution in [-0.2, 0) is 9.59 Å². The molecule has 3 N–H and O–H groups in total. The SMILES string of the molecule is C=C[C@@](O)(CC=C[C@H]1[C@H](O)CC(=O)[C@@H]1CC=CCCCC(=O)CO)CCCC. The monoisotopic (exact) mass is 392 g/mol. The molecule has 0 unspecified atom stereocenters. The van der Waals surface area contributed by atoms with Gasteiger partial charge in [0.25, 0.3) is 0 Å². The highest BCUT2D eigenvalue weighted by molar-refractivity contribution is 5.84. The summed E-state index contributed by atoms with van der Waals surface area (Å²) in [6.45, 7) is 5.39. The van der Waals surface area contributed by atoms with Crippen LogP contribution in [0.3, 0.4) is 0 Å². The molecular weight excluding hydrogens is 356 g/mol. The van der Waals surface area contributed by atoms with Gasteiger partial charge in [-0.1, -0.05) is 50.1 Å². The number of carbonyl (C=O) groups is 2. The minimum atomic E-state index is -0.943. The molecule has 158 valence electrons. The van der Waals surface area contributed by atoms with Crippen molar-refractivity contribution in [3.8, 4) is 0 Å². The lowest BCUT2D eigenvalue weighted by molar-refractivity contribution is -0.122. The van der Waals surface area contributed by atoms with Crippen LogP contribution in [0.2, 0.25) is 0 Å². The van der Waals surface area contributed by atoms with Gasteiger partial charge in [-0.25, -0.2) is 0 Å². The molecule has 1 rings (SSSR count). The first-order chi connectivity index (χ1) is 13.4. The second-order valence-corrected chi connectivity index (χ2v) is 7.76. The molecule has 1 saturated carbocycles. The Kier molecular flexibility index (Phi) is 11.2. The third-order valence-corrected chi connectivity index (χ3v) is 5.47. The molecule has 28 heavy (non-hydrogen) atoms. The molecule has 0 aromatic rings. The zero-order valence-electron chi connectivity index (χ0n) is 17.1. The van der Waals surface area contributed by atoms with Gasteiger partial charge in [0.15, 0.2) is 5.78 Å². The molecule has 1 aliphatic rings. The highest BCUT2D eigenvalue weighted by Crippen LogP contribution is 2.34. The van der Waals surface area contributed by atoms with Crippen LogP contribution in [0.4, 0.5) is 0 Å². The summed E-state index contributed by atoms with van der Waals surface area (Å²) < 4.78 is 0. The Morgan fingerprint density at radius 1 is 1.29 bits per heavy atom. The van der Waals surface area contributed by atoms with E-state index in [0.29, 0.717) is 32.1 Å². The molecule has 5 heteroatoms. The number of hydrogen-bond donors (Lipinski definition) is 3. The Morgan fingerprint density at radius 3 is 2.68 bits per heavy atom. The van der Waals surface area contributed by atoms with E-state index in [9.17, 15) is 19.8 Å². The van der Waals surface area contributed by atoms with Crippen LogP contribution < -0.4 is 0 Å². The summed E-state index contributed by atoms with van der Waals surface area (Å²) in [5.74, 6) is -0.597. The quantitative estimate of drug-likeness (QED) is 0.311. The van der Waals surface area contributed by atoms with E-state index in [-0.39, 0.29) is 29.8 Å². The van der Waals surface area contributed by atoms with Gasteiger partial charge in [0.2, 0.25) is 0 Å². The van der Waals surface area contributed by atoms with Crippen molar-refractivity contribution in [2.24, 2.45) is 11.8 Å². The summed E-state index contributed by atoms with van der Waals surface area (Å²) in [6.07, 6.45) is 14.0. The molecule has 4 atom stereocenters. The summed E-state index contributed by atoms with van der Waals surface area (Å²) >= 11 is 0. The number of Topliss-reactive ketones (excluding diaryl/α,β-unsaturated/α-hetero) is 2. The molecule has 0 spiro atoms. The van der Waals surface area contributed by atoms with Gasteiger partial charge < -0.3 is 15.3 Å². The summed E-state index contributed by atoms with van der Waals surface area (Å²) in [5.41, 5.74) is -0.943. The summed E-state index contributed by atoms with van der Waals surface area (Å²) in [4.78, 5) is 23.3. The number of aliphatic hydroxyl groups excluding tert-OH is 2. The fourth-order valence-electron chi connectivity index (χ4n) is 3.58. The lowest BCUT2D eigenvalue weighted by Gasteiger charge is -2.23. The predicted octanol–water partition coefficient (Wildman–Crippen LogP) is 3.28. The van der Waals surface area contributed by atoms with Crippen molar-refractivity contribution in [2.75, 3.05) is 6.61 Å². The fourth-order valence-corrected chi connectivity index (χ4v) is 3.58. The number of allylic oxidation sites excluding steroid dienone is 2. The van der Waals surface area contributed by atoms with Crippen LogP contribution in [-0.4, -0.2) is 45.2 Å². The van der Waals surface area contributed by atoms with Crippen molar-refractivity contribution in [1.82, 2.24) is 0 Å². The molecule has 0 amide bonds. The Bertz CT molecular complexity index is 565. The number of carbonyl (C=O) groups excluding carboxylic acids is 2.